The second-order valence-electron chi connectivity index (χ2n) is 3.25. The average molecular weight is 268 g/mol. The van der Waals surface area contributed by atoms with E-state index in [2.05, 4.69) is 4.99 Å². The van der Waals surface area contributed by atoms with Gasteiger partial charge in [-0.15, -0.1) is 0 Å². The SMILES string of the molecule is CCC1(CC)C(=O)N=C([O-])NC1=O.O=C(O)O.[Na+]. The monoisotopic (exact) mass is 268 g/mol. The van der Waals surface area contributed by atoms with Gasteiger partial charge >= 0.3 is 35.7 Å². The molecule has 1 aliphatic rings. The molecule has 1 rings (SSSR count). The Morgan fingerprint density at radius 1 is 1.33 bits per heavy atom. The van der Waals surface area contributed by atoms with Crippen LogP contribution in [0.25, 0.3) is 0 Å². The minimum Gasteiger partial charge on any atom is -0.846 e. The Balaban J connectivity index is 0. The van der Waals surface area contributed by atoms with Crippen LogP contribution in [0.1, 0.15) is 26.7 Å². The number of nitrogens with zero attached hydrogens (tertiary/aromatic N) is 1. The van der Waals surface area contributed by atoms with Crippen LogP contribution in [0, 0.1) is 5.41 Å². The molecule has 18 heavy (non-hydrogen) atoms. The Morgan fingerprint density at radius 2 is 1.72 bits per heavy atom. The largest absolute Gasteiger partial charge is 1.00 e. The first-order chi connectivity index (χ1) is 7.80. The van der Waals surface area contributed by atoms with Crippen molar-refractivity contribution >= 4 is 24.0 Å². The average Bonchev–Trinajstić information content (AvgIpc) is 2.17. The second-order valence-corrected chi connectivity index (χ2v) is 3.25. The molecular weight excluding hydrogens is 255 g/mol. The molecule has 0 aliphatic carbocycles. The maximum absolute atomic E-state index is 11.4. The van der Waals surface area contributed by atoms with Crippen molar-refractivity contribution in [2.45, 2.75) is 26.7 Å². The molecule has 0 saturated carbocycles. The van der Waals surface area contributed by atoms with Gasteiger partial charge in [-0.25, -0.2) is 9.79 Å². The number of rotatable bonds is 2. The number of nitrogens with one attached hydrogen (secondary N) is 1. The molecule has 0 radical (unpaired) electrons. The molecule has 0 atom stereocenters. The van der Waals surface area contributed by atoms with Gasteiger partial charge in [-0.3, -0.25) is 9.59 Å². The van der Waals surface area contributed by atoms with Gasteiger partial charge in [0.05, 0.1) is 6.02 Å². The van der Waals surface area contributed by atoms with E-state index in [1.807, 2.05) is 5.32 Å². The summed E-state index contributed by atoms with van der Waals surface area (Å²) in [6, 6.07) is -0.854. The zero-order valence-corrected chi connectivity index (χ0v) is 12.4. The maximum Gasteiger partial charge on any atom is 1.00 e. The van der Waals surface area contributed by atoms with Crippen LogP contribution >= 0.6 is 0 Å². The molecule has 0 aromatic heterocycles. The normalized spacial score (nSPS) is 16.4. The van der Waals surface area contributed by atoms with E-state index < -0.39 is 29.4 Å². The number of carbonyl (C=O) groups excluding carboxylic acids is 2. The molecule has 0 bridgehead atoms. The number of hydrogen-bond donors (Lipinski definition) is 3. The predicted molar refractivity (Wildman–Crippen MR) is 54.3 cm³/mol. The second kappa shape index (κ2) is 8.06. The third-order valence-electron chi connectivity index (χ3n) is 2.47. The molecule has 3 N–H and O–H groups in total. The molecule has 96 valence electrons. The number of aliphatic imine (C=N–C) groups is 1. The molecule has 0 aromatic carbocycles. The molecule has 0 fully saturated rings. The summed E-state index contributed by atoms with van der Waals surface area (Å²) in [6.45, 7) is 3.46. The number of carbonyl (C=O) groups is 3. The first-order valence-corrected chi connectivity index (χ1v) is 4.83. The van der Waals surface area contributed by atoms with E-state index in [9.17, 15) is 14.7 Å². The zero-order chi connectivity index (χ0) is 13.6. The maximum atomic E-state index is 11.4. The molecule has 0 saturated heterocycles. The van der Waals surface area contributed by atoms with Gasteiger partial charge in [-0.05, 0) is 12.8 Å². The van der Waals surface area contributed by atoms with Gasteiger partial charge in [0.15, 0.2) is 0 Å². The molecule has 1 aliphatic heterocycles. The molecular formula is C9H13N2NaO6. The Morgan fingerprint density at radius 3 is 2.00 bits per heavy atom. The molecule has 0 aromatic rings. The molecule has 0 spiro atoms. The summed E-state index contributed by atoms with van der Waals surface area (Å²) < 4.78 is 0. The Bertz CT molecular complexity index is 360. The molecule has 8 nitrogen and oxygen atoms in total. The topological polar surface area (TPSA) is 139 Å². The third kappa shape index (κ3) is 4.63. The van der Waals surface area contributed by atoms with Crippen molar-refractivity contribution in [1.82, 2.24) is 5.32 Å². The number of amides is 2. The van der Waals surface area contributed by atoms with Crippen molar-refractivity contribution in [1.29, 1.82) is 0 Å². The predicted octanol–water partition coefficient (Wildman–Crippen LogP) is -3.61. The van der Waals surface area contributed by atoms with Crippen LogP contribution in [0.2, 0.25) is 0 Å². The van der Waals surface area contributed by atoms with Crippen molar-refractivity contribution in [3.8, 4) is 0 Å². The van der Waals surface area contributed by atoms with Crippen LogP contribution in [-0.2, 0) is 9.59 Å². The van der Waals surface area contributed by atoms with Gasteiger partial charge < -0.3 is 20.6 Å². The van der Waals surface area contributed by atoms with Crippen molar-refractivity contribution in [2.75, 3.05) is 0 Å². The quantitative estimate of drug-likeness (QED) is 0.349. The van der Waals surface area contributed by atoms with Crippen LogP contribution < -0.4 is 40.0 Å². The van der Waals surface area contributed by atoms with Crippen molar-refractivity contribution in [2.24, 2.45) is 10.4 Å². The Kier molecular flexibility index (Phi) is 8.61. The molecule has 1 heterocycles. The van der Waals surface area contributed by atoms with Crippen LogP contribution in [0.3, 0.4) is 0 Å². The van der Waals surface area contributed by atoms with Crippen LogP contribution in [0.4, 0.5) is 4.79 Å². The fraction of sp³-hybridized carbons (Fsp3) is 0.556. The molecule has 0 unspecified atom stereocenters. The standard InChI is InChI=1S/C8H12N2O3.CH2O3.Na/c1-3-8(4-2)5(11)9-7(13)10-6(8)12;2-1(3)4;/h3-4H2,1-2H3,(H2,9,10,11,12,13);(H2,2,3,4);/q;;+1/p-1. The fourth-order valence-corrected chi connectivity index (χ4v) is 1.41. The van der Waals surface area contributed by atoms with Crippen molar-refractivity contribution < 1.29 is 59.3 Å². The van der Waals surface area contributed by atoms with E-state index in [0.717, 1.165) is 0 Å². The van der Waals surface area contributed by atoms with Crippen molar-refractivity contribution in [3.05, 3.63) is 0 Å². The van der Waals surface area contributed by atoms with E-state index in [4.69, 9.17) is 15.0 Å². The first-order valence-electron chi connectivity index (χ1n) is 4.83. The summed E-state index contributed by atoms with van der Waals surface area (Å²) in [7, 11) is 0. The fourth-order valence-electron chi connectivity index (χ4n) is 1.41. The van der Waals surface area contributed by atoms with Crippen molar-refractivity contribution in [3.63, 3.8) is 0 Å². The summed E-state index contributed by atoms with van der Waals surface area (Å²) in [5.41, 5.74) is -1.12. The zero-order valence-electron chi connectivity index (χ0n) is 10.4. The number of amidine groups is 1. The minimum absolute atomic E-state index is 0. The summed E-state index contributed by atoms with van der Waals surface area (Å²) in [4.78, 5) is 34.5. The first kappa shape index (κ1) is 19.2. The molecule has 2 amide bonds. The van der Waals surface area contributed by atoms with E-state index >= 15 is 0 Å². The summed E-state index contributed by atoms with van der Waals surface area (Å²) in [5, 5.41) is 26.7. The van der Waals surface area contributed by atoms with Gasteiger partial charge in [0.2, 0.25) is 5.91 Å². The number of carboxylic acid groups (broad SMARTS) is 2. The van der Waals surface area contributed by atoms with Gasteiger partial charge in [0.1, 0.15) is 5.41 Å². The summed E-state index contributed by atoms with van der Waals surface area (Å²) >= 11 is 0. The van der Waals surface area contributed by atoms with E-state index in [0.29, 0.717) is 12.8 Å². The third-order valence-corrected chi connectivity index (χ3v) is 2.47. The summed E-state index contributed by atoms with van der Waals surface area (Å²) in [6.07, 6.45) is -1.10. The van der Waals surface area contributed by atoms with Gasteiger partial charge in [0, 0.05) is 0 Å². The Hall–Kier alpha value is -1.12. The molecule has 9 heteroatoms. The number of hydrogen-bond acceptors (Lipinski definition) is 4. The van der Waals surface area contributed by atoms with Gasteiger partial charge in [-0.2, -0.15) is 0 Å². The summed E-state index contributed by atoms with van der Waals surface area (Å²) in [5.74, 6) is -1.14. The van der Waals surface area contributed by atoms with E-state index in [1.54, 1.807) is 13.8 Å². The van der Waals surface area contributed by atoms with Crippen LogP contribution in [-0.4, -0.2) is 34.2 Å². The van der Waals surface area contributed by atoms with E-state index in [1.165, 1.54) is 0 Å². The van der Waals surface area contributed by atoms with Crippen LogP contribution in [0.15, 0.2) is 4.99 Å². The minimum atomic E-state index is -1.83. The van der Waals surface area contributed by atoms with Gasteiger partial charge in [0.25, 0.3) is 5.91 Å². The van der Waals surface area contributed by atoms with E-state index in [-0.39, 0.29) is 29.6 Å². The Labute approximate surface area is 125 Å². The van der Waals surface area contributed by atoms with Crippen LogP contribution in [0.5, 0.6) is 0 Å². The van der Waals surface area contributed by atoms with Gasteiger partial charge in [-0.1, -0.05) is 13.8 Å². The smallest absolute Gasteiger partial charge is 0.846 e.